The highest BCUT2D eigenvalue weighted by molar-refractivity contribution is 5.81. The number of hydrogen-bond acceptors (Lipinski definition) is 7. The standard InChI is InChI=1S/C27H29N7O3/c35-25(20-3-4-20)32-12-9-27(37,10-13-32)17-33-18-30-24-23(26(33)36)16-31-34(24)22-7-5-21(6-8-22)29-15-19-2-1-11-28-14-19/h1-2,5-8,11,14,16,18,20,29,37H,3-4,9-10,12-13,15,17H2. The van der Waals surface area contributed by atoms with Gasteiger partial charge >= 0.3 is 0 Å². The molecule has 4 aromatic rings. The predicted molar refractivity (Wildman–Crippen MR) is 138 cm³/mol. The number of carbonyl (C=O) groups excluding carboxylic acids is 1. The molecule has 3 aromatic heterocycles. The van der Waals surface area contributed by atoms with Gasteiger partial charge in [0, 0.05) is 43.6 Å². The lowest BCUT2D eigenvalue weighted by molar-refractivity contribution is -0.137. The SMILES string of the molecule is O=C(C1CC1)N1CCC(O)(Cn2cnc3c(cnn3-c3ccc(NCc4cccnc4)cc3)c2=O)CC1. The van der Waals surface area contributed by atoms with Gasteiger partial charge < -0.3 is 15.3 Å². The molecule has 37 heavy (non-hydrogen) atoms. The van der Waals surface area contributed by atoms with Gasteiger partial charge in [0.25, 0.3) is 5.56 Å². The van der Waals surface area contributed by atoms with Crippen LogP contribution in [0.3, 0.4) is 0 Å². The van der Waals surface area contributed by atoms with Crippen molar-refractivity contribution in [2.45, 2.75) is 44.4 Å². The van der Waals surface area contributed by atoms with E-state index in [0.717, 1.165) is 29.8 Å². The highest BCUT2D eigenvalue weighted by Gasteiger charge is 2.39. The summed E-state index contributed by atoms with van der Waals surface area (Å²) in [5.74, 6) is 0.378. The number of pyridine rings is 1. The van der Waals surface area contributed by atoms with Crippen LogP contribution in [0, 0.1) is 5.92 Å². The van der Waals surface area contributed by atoms with Crippen LogP contribution in [0.4, 0.5) is 5.69 Å². The van der Waals surface area contributed by atoms with Crippen LogP contribution in [0.15, 0.2) is 66.1 Å². The Morgan fingerprint density at radius 1 is 1.11 bits per heavy atom. The summed E-state index contributed by atoms with van der Waals surface area (Å²) in [5, 5.41) is 19.3. The summed E-state index contributed by atoms with van der Waals surface area (Å²) in [4.78, 5) is 36.0. The van der Waals surface area contributed by atoms with Gasteiger partial charge in [-0.1, -0.05) is 6.07 Å². The van der Waals surface area contributed by atoms with Gasteiger partial charge in [-0.15, -0.1) is 0 Å². The molecule has 1 amide bonds. The molecule has 1 aliphatic heterocycles. The molecule has 2 fully saturated rings. The first-order valence-corrected chi connectivity index (χ1v) is 12.7. The largest absolute Gasteiger partial charge is 0.388 e. The average molecular weight is 500 g/mol. The van der Waals surface area contributed by atoms with Gasteiger partial charge in [-0.2, -0.15) is 5.10 Å². The van der Waals surface area contributed by atoms with Crippen molar-refractivity contribution in [3.05, 3.63) is 77.2 Å². The Morgan fingerprint density at radius 2 is 1.89 bits per heavy atom. The smallest absolute Gasteiger partial charge is 0.264 e. The Bertz CT molecular complexity index is 1470. The van der Waals surface area contributed by atoms with Gasteiger partial charge in [0.2, 0.25) is 5.91 Å². The van der Waals surface area contributed by atoms with Crippen molar-refractivity contribution >= 4 is 22.6 Å². The van der Waals surface area contributed by atoms with Gasteiger partial charge in [0.1, 0.15) is 11.7 Å². The van der Waals surface area contributed by atoms with Gasteiger partial charge in [-0.3, -0.25) is 19.1 Å². The lowest BCUT2D eigenvalue weighted by Crippen LogP contribution is -2.50. The number of carbonyl (C=O) groups is 1. The molecule has 10 nitrogen and oxygen atoms in total. The number of rotatable bonds is 7. The molecule has 1 saturated carbocycles. The second-order valence-corrected chi connectivity index (χ2v) is 10.1. The number of benzene rings is 1. The molecule has 0 atom stereocenters. The van der Waals surface area contributed by atoms with Gasteiger partial charge in [0.15, 0.2) is 5.65 Å². The third-order valence-corrected chi connectivity index (χ3v) is 7.28. The van der Waals surface area contributed by atoms with E-state index in [9.17, 15) is 14.7 Å². The Kier molecular flexibility index (Phi) is 5.96. The molecule has 1 aromatic carbocycles. The molecule has 10 heteroatoms. The maximum absolute atomic E-state index is 13.2. The zero-order chi connectivity index (χ0) is 25.4. The minimum atomic E-state index is -1.05. The molecule has 190 valence electrons. The minimum Gasteiger partial charge on any atom is -0.388 e. The van der Waals surface area contributed by atoms with Crippen molar-refractivity contribution in [2.24, 2.45) is 5.92 Å². The summed E-state index contributed by atoms with van der Waals surface area (Å²) >= 11 is 0. The number of aliphatic hydroxyl groups is 1. The van der Waals surface area contributed by atoms with Crippen LogP contribution in [-0.4, -0.2) is 58.9 Å². The summed E-state index contributed by atoms with van der Waals surface area (Å²) in [6.45, 7) is 1.84. The third-order valence-electron chi connectivity index (χ3n) is 7.28. The lowest BCUT2D eigenvalue weighted by Gasteiger charge is -2.38. The highest BCUT2D eigenvalue weighted by Crippen LogP contribution is 2.33. The Balaban J connectivity index is 1.15. The predicted octanol–water partition coefficient (Wildman–Crippen LogP) is 2.35. The first-order chi connectivity index (χ1) is 18.0. The van der Waals surface area contributed by atoms with Crippen LogP contribution >= 0.6 is 0 Å². The van der Waals surface area contributed by atoms with E-state index in [0.29, 0.717) is 43.5 Å². The zero-order valence-electron chi connectivity index (χ0n) is 20.5. The summed E-state index contributed by atoms with van der Waals surface area (Å²) in [6.07, 6.45) is 9.41. The summed E-state index contributed by atoms with van der Waals surface area (Å²) in [5.41, 5.74) is 2.02. The number of hydrogen-bond donors (Lipinski definition) is 2. The Hall–Kier alpha value is -4.05. The maximum atomic E-state index is 13.2. The van der Waals surface area contributed by atoms with E-state index < -0.39 is 5.60 Å². The number of anilines is 1. The van der Waals surface area contributed by atoms with Crippen LogP contribution in [0.2, 0.25) is 0 Å². The van der Waals surface area contributed by atoms with Crippen LogP contribution in [-0.2, 0) is 17.9 Å². The van der Waals surface area contributed by atoms with E-state index in [1.54, 1.807) is 10.9 Å². The van der Waals surface area contributed by atoms with Crippen molar-refractivity contribution in [1.29, 1.82) is 0 Å². The normalized spacial score (nSPS) is 17.2. The number of piperidine rings is 1. The van der Waals surface area contributed by atoms with Gasteiger partial charge in [-0.25, -0.2) is 9.67 Å². The van der Waals surface area contributed by atoms with Crippen molar-refractivity contribution < 1.29 is 9.90 Å². The van der Waals surface area contributed by atoms with E-state index in [1.165, 1.54) is 17.1 Å². The lowest BCUT2D eigenvalue weighted by atomic mass is 9.91. The van der Waals surface area contributed by atoms with Gasteiger partial charge in [0.05, 0.1) is 24.0 Å². The van der Waals surface area contributed by atoms with Gasteiger partial charge in [-0.05, 0) is 61.6 Å². The molecular weight excluding hydrogens is 470 g/mol. The topological polar surface area (TPSA) is 118 Å². The molecule has 0 bridgehead atoms. The number of amides is 1. The number of fused-ring (bicyclic) bond motifs is 1. The molecule has 2 N–H and O–H groups in total. The first-order valence-electron chi connectivity index (χ1n) is 12.7. The van der Waals surface area contributed by atoms with E-state index in [2.05, 4.69) is 20.4 Å². The van der Waals surface area contributed by atoms with Crippen molar-refractivity contribution in [3.8, 4) is 5.69 Å². The fourth-order valence-corrected chi connectivity index (χ4v) is 4.88. The molecule has 0 spiro atoms. The van der Waals surface area contributed by atoms with E-state index in [1.807, 2.05) is 47.5 Å². The summed E-state index contributed by atoms with van der Waals surface area (Å²) in [6, 6.07) is 11.7. The summed E-state index contributed by atoms with van der Waals surface area (Å²) < 4.78 is 3.10. The monoisotopic (exact) mass is 499 g/mol. The van der Waals surface area contributed by atoms with Crippen LogP contribution in [0.25, 0.3) is 16.7 Å². The number of nitrogens with zero attached hydrogens (tertiary/aromatic N) is 6. The Morgan fingerprint density at radius 3 is 2.59 bits per heavy atom. The van der Waals surface area contributed by atoms with Crippen LogP contribution in [0.5, 0.6) is 0 Å². The second kappa shape index (κ2) is 9.44. The average Bonchev–Trinajstić information content (AvgIpc) is 3.69. The molecule has 1 saturated heterocycles. The van der Waals surface area contributed by atoms with Crippen LogP contribution < -0.4 is 10.9 Å². The molecule has 4 heterocycles. The molecule has 0 unspecified atom stereocenters. The van der Waals surface area contributed by atoms with E-state index in [-0.39, 0.29) is 23.9 Å². The van der Waals surface area contributed by atoms with Crippen molar-refractivity contribution in [3.63, 3.8) is 0 Å². The van der Waals surface area contributed by atoms with Crippen molar-refractivity contribution in [2.75, 3.05) is 18.4 Å². The molecule has 1 aliphatic carbocycles. The van der Waals surface area contributed by atoms with E-state index in [4.69, 9.17) is 0 Å². The number of likely N-dealkylation sites (tertiary alicyclic amines) is 1. The number of nitrogens with one attached hydrogen (secondary N) is 1. The highest BCUT2D eigenvalue weighted by atomic mass is 16.3. The van der Waals surface area contributed by atoms with Crippen LogP contribution in [0.1, 0.15) is 31.2 Å². The second-order valence-electron chi connectivity index (χ2n) is 10.1. The fourth-order valence-electron chi connectivity index (χ4n) is 4.88. The zero-order valence-corrected chi connectivity index (χ0v) is 20.5. The van der Waals surface area contributed by atoms with E-state index >= 15 is 0 Å². The fraction of sp³-hybridized carbons (Fsp3) is 0.370. The molecule has 2 aliphatic rings. The quantitative estimate of drug-likeness (QED) is 0.401. The summed E-state index contributed by atoms with van der Waals surface area (Å²) in [7, 11) is 0. The maximum Gasteiger partial charge on any atom is 0.264 e. The van der Waals surface area contributed by atoms with Crippen molar-refractivity contribution in [1.82, 2.24) is 29.2 Å². The first kappa shape index (κ1) is 23.4. The minimum absolute atomic E-state index is 0.142. The number of aromatic nitrogens is 5. The molecule has 6 rings (SSSR count). The molecular formula is C27H29N7O3. The Labute approximate surface area is 213 Å². The third kappa shape index (κ3) is 4.84. The molecule has 0 radical (unpaired) electrons.